The van der Waals surface area contributed by atoms with Crippen LogP contribution in [0.2, 0.25) is 0 Å². The first kappa shape index (κ1) is 24.9. The minimum Gasteiger partial charge on any atom is -0.384 e. The molecule has 0 saturated carbocycles. The average Bonchev–Trinajstić information content (AvgIpc) is 2.83. The fraction of sp³-hybridized carbons (Fsp3) is 0.400. The van der Waals surface area contributed by atoms with Gasteiger partial charge in [-0.3, -0.25) is 14.8 Å². The van der Waals surface area contributed by atoms with Gasteiger partial charge in [0.15, 0.2) is 0 Å². The van der Waals surface area contributed by atoms with E-state index in [1.807, 2.05) is 0 Å². The van der Waals surface area contributed by atoms with E-state index < -0.39 is 35.6 Å². The van der Waals surface area contributed by atoms with Gasteiger partial charge < -0.3 is 20.4 Å². The number of pyridine rings is 2. The molecule has 35 heavy (non-hydrogen) atoms. The van der Waals surface area contributed by atoms with Crippen molar-refractivity contribution in [3.63, 3.8) is 0 Å². The Kier molecular flexibility index (Phi) is 6.95. The predicted molar refractivity (Wildman–Crippen MR) is 124 cm³/mol. The molecule has 0 spiro atoms. The molecule has 2 aromatic heterocycles. The Hall–Kier alpha value is -3.24. The predicted octanol–water partition coefficient (Wildman–Crippen LogP) is 4.07. The van der Waals surface area contributed by atoms with Crippen LogP contribution in [-0.2, 0) is 10.4 Å². The topological polar surface area (TPSA) is 98.6 Å². The molecule has 1 saturated heterocycles. The number of hydrogen-bond acceptors (Lipinski definition) is 6. The zero-order chi connectivity index (χ0) is 25.3. The summed E-state index contributed by atoms with van der Waals surface area (Å²) in [5.74, 6) is -1.33. The summed E-state index contributed by atoms with van der Waals surface area (Å²) >= 11 is 0. The van der Waals surface area contributed by atoms with Crippen LogP contribution in [-0.4, -0.2) is 50.2 Å². The van der Waals surface area contributed by atoms with Crippen LogP contribution in [0.15, 0.2) is 42.7 Å². The van der Waals surface area contributed by atoms with E-state index in [4.69, 9.17) is 0 Å². The molecular formula is C25H27F3N4O3. The zero-order valence-electron chi connectivity index (χ0n) is 19.4. The molecule has 0 radical (unpaired) electrons. The van der Waals surface area contributed by atoms with Crippen molar-refractivity contribution in [2.75, 3.05) is 18.4 Å². The number of alkyl halides is 2. The van der Waals surface area contributed by atoms with E-state index in [1.54, 1.807) is 25.3 Å². The molecule has 0 unspecified atom stereocenters. The number of halogens is 3. The van der Waals surface area contributed by atoms with Crippen LogP contribution in [0.3, 0.4) is 0 Å². The van der Waals surface area contributed by atoms with Crippen molar-refractivity contribution < 1.29 is 28.2 Å². The van der Waals surface area contributed by atoms with Crippen molar-refractivity contribution in [3.8, 4) is 0 Å². The van der Waals surface area contributed by atoms with Gasteiger partial charge in [0.2, 0.25) is 0 Å². The molecule has 0 aliphatic carbocycles. The Labute approximate surface area is 200 Å². The summed E-state index contributed by atoms with van der Waals surface area (Å²) < 4.78 is 40.9. The summed E-state index contributed by atoms with van der Waals surface area (Å²) in [7, 11) is 0. The maximum absolute atomic E-state index is 14.7. The molecule has 10 heteroatoms. The molecular weight excluding hydrogens is 461 g/mol. The first-order valence-electron chi connectivity index (χ1n) is 11.4. The van der Waals surface area contributed by atoms with Gasteiger partial charge in [0.25, 0.3) is 12.3 Å². The lowest BCUT2D eigenvalue weighted by atomic mass is 9.87. The van der Waals surface area contributed by atoms with Crippen molar-refractivity contribution in [2.24, 2.45) is 0 Å². The van der Waals surface area contributed by atoms with E-state index in [0.717, 1.165) is 6.07 Å². The Bertz CT molecular complexity index is 1230. The number of aliphatic hydroxyl groups is 2. The maximum atomic E-state index is 14.7. The third-order valence-electron chi connectivity index (χ3n) is 6.50. The largest absolute Gasteiger partial charge is 0.384 e. The van der Waals surface area contributed by atoms with Crippen molar-refractivity contribution in [1.82, 2.24) is 14.9 Å². The molecule has 3 N–H and O–H groups in total. The minimum absolute atomic E-state index is 0.107. The molecule has 1 aliphatic heterocycles. The van der Waals surface area contributed by atoms with Crippen LogP contribution in [0, 0.1) is 5.82 Å². The summed E-state index contributed by atoms with van der Waals surface area (Å²) in [6.07, 6.45) is -0.443. The third kappa shape index (κ3) is 4.94. The van der Waals surface area contributed by atoms with Gasteiger partial charge in [-0.15, -0.1) is 0 Å². The van der Waals surface area contributed by atoms with Gasteiger partial charge >= 0.3 is 0 Å². The molecule has 4 rings (SSSR count). The molecule has 7 nitrogen and oxygen atoms in total. The van der Waals surface area contributed by atoms with Gasteiger partial charge in [-0.1, -0.05) is 18.2 Å². The number of nitrogens with one attached hydrogen (secondary N) is 1. The van der Waals surface area contributed by atoms with Crippen LogP contribution >= 0.6 is 0 Å². The van der Waals surface area contributed by atoms with Gasteiger partial charge in [0.1, 0.15) is 17.5 Å². The number of benzene rings is 1. The number of nitrogens with zero attached hydrogens (tertiary/aromatic N) is 3. The lowest BCUT2D eigenvalue weighted by Crippen LogP contribution is -2.48. The number of rotatable bonds is 6. The summed E-state index contributed by atoms with van der Waals surface area (Å²) in [6.45, 7) is 3.63. The van der Waals surface area contributed by atoms with Crippen molar-refractivity contribution >= 4 is 22.5 Å². The number of anilines is 1. The number of carbonyl (C=O) groups is 1. The highest BCUT2D eigenvalue weighted by Gasteiger charge is 2.37. The molecule has 1 amide bonds. The second-order valence-corrected chi connectivity index (χ2v) is 8.90. The van der Waals surface area contributed by atoms with Gasteiger partial charge in [0.05, 0.1) is 29.0 Å². The molecule has 1 fully saturated rings. The number of fused-ring (bicyclic) bond motifs is 1. The Morgan fingerprint density at radius 1 is 1.14 bits per heavy atom. The SMILES string of the molecule is C[C@@H](O)C(=O)N1CCC(O)(c2cc3c(N[C@H](C)c4cccc(C(F)F)c4F)ccnc3cn2)CC1. The van der Waals surface area contributed by atoms with Crippen LogP contribution in [0.4, 0.5) is 18.9 Å². The van der Waals surface area contributed by atoms with E-state index in [2.05, 4.69) is 15.3 Å². The number of likely N-dealkylation sites (tertiary alicyclic amines) is 1. The number of amides is 1. The van der Waals surface area contributed by atoms with Crippen molar-refractivity contribution in [3.05, 3.63) is 65.4 Å². The van der Waals surface area contributed by atoms with Crippen LogP contribution in [0.25, 0.3) is 10.9 Å². The molecule has 3 aromatic rings. The lowest BCUT2D eigenvalue weighted by molar-refractivity contribution is -0.143. The molecule has 3 heterocycles. The van der Waals surface area contributed by atoms with E-state index >= 15 is 0 Å². The number of carbonyl (C=O) groups excluding carboxylic acids is 1. The van der Waals surface area contributed by atoms with Crippen LogP contribution in [0.1, 0.15) is 56.0 Å². The first-order valence-corrected chi connectivity index (χ1v) is 11.4. The quantitative estimate of drug-likeness (QED) is 0.484. The summed E-state index contributed by atoms with van der Waals surface area (Å²) in [5.41, 5.74) is -0.291. The van der Waals surface area contributed by atoms with E-state index in [0.29, 0.717) is 22.3 Å². The Morgan fingerprint density at radius 3 is 2.49 bits per heavy atom. The van der Waals surface area contributed by atoms with Gasteiger partial charge in [-0.05, 0) is 38.8 Å². The second kappa shape index (κ2) is 9.79. The van der Waals surface area contributed by atoms with Crippen LogP contribution in [0.5, 0.6) is 0 Å². The molecule has 1 aromatic carbocycles. The molecule has 1 aliphatic rings. The summed E-state index contributed by atoms with van der Waals surface area (Å²) in [4.78, 5) is 22.3. The first-order chi connectivity index (χ1) is 16.6. The smallest absolute Gasteiger partial charge is 0.266 e. The number of aliphatic hydroxyl groups excluding tert-OH is 1. The van der Waals surface area contributed by atoms with E-state index in [1.165, 1.54) is 30.2 Å². The second-order valence-electron chi connectivity index (χ2n) is 8.90. The normalized spacial score (nSPS) is 17.4. The minimum atomic E-state index is -2.92. The number of piperidine rings is 1. The highest BCUT2D eigenvalue weighted by Crippen LogP contribution is 2.35. The molecule has 2 atom stereocenters. The average molecular weight is 489 g/mol. The van der Waals surface area contributed by atoms with E-state index in [9.17, 15) is 28.2 Å². The van der Waals surface area contributed by atoms with E-state index in [-0.39, 0.29) is 37.4 Å². The summed E-state index contributed by atoms with van der Waals surface area (Å²) in [5, 5.41) is 24.6. The fourth-order valence-electron chi connectivity index (χ4n) is 4.43. The maximum Gasteiger partial charge on any atom is 0.266 e. The van der Waals surface area contributed by atoms with Crippen molar-refractivity contribution in [1.29, 1.82) is 0 Å². The standard InChI is InChI=1S/C25H27F3N4O3/c1-14(16-4-3-5-17(22(16)26)23(27)28)31-19-6-9-29-20-13-30-21(12-18(19)20)25(35)7-10-32(11-8-25)24(34)15(2)33/h3-6,9,12-15,23,33,35H,7-8,10-11H2,1-2H3,(H,29,31)/t14-,15-/m1/s1. The van der Waals surface area contributed by atoms with Crippen molar-refractivity contribution in [2.45, 2.75) is 50.9 Å². The molecule has 0 bridgehead atoms. The highest BCUT2D eigenvalue weighted by molar-refractivity contribution is 5.91. The zero-order valence-corrected chi connectivity index (χ0v) is 19.4. The number of aromatic nitrogens is 2. The number of hydrogen-bond donors (Lipinski definition) is 3. The van der Waals surface area contributed by atoms with Gasteiger partial charge in [-0.25, -0.2) is 13.2 Å². The van der Waals surface area contributed by atoms with Crippen LogP contribution < -0.4 is 5.32 Å². The summed E-state index contributed by atoms with van der Waals surface area (Å²) in [6, 6.07) is 6.68. The monoisotopic (exact) mass is 488 g/mol. The lowest BCUT2D eigenvalue weighted by Gasteiger charge is -2.38. The fourth-order valence-corrected chi connectivity index (χ4v) is 4.43. The Balaban J connectivity index is 1.61. The highest BCUT2D eigenvalue weighted by atomic mass is 19.3. The Morgan fingerprint density at radius 2 is 1.83 bits per heavy atom. The van der Waals surface area contributed by atoms with Gasteiger partial charge in [0, 0.05) is 35.9 Å². The third-order valence-corrected chi connectivity index (χ3v) is 6.50. The molecule has 186 valence electrons. The van der Waals surface area contributed by atoms with Gasteiger partial charge in [-0.2, -0.15) is 0 Å².